The van der Waals surface area contributed by atoms with E-state index in [4.69, 9.17) is 21.1 Å². The number of fused-ring (bicyclic) bond motifs is 1. The highest BCUT2D eigenvalue weighted by atomic mass is 35.5. The van der Waals surface area contributed by atoms with E-state index in [1.807, 2.05) is 0 Å². The Kier molecular flexibility index (Phi) is 4.23. The Bertz CT molecular complexity index is 462. The minimum Gasteiger partial charge on any atom is -0.489 e. The Morgan fingerprint density at radius 2 is 1.89 bits per heavy atom. The Morgan fingerprint density at radius 1 is 1.32 bits per heavy atom. The zero-order valence-corrected chi connectivity index (χ0v) is 12.3. The lowest BCUT2D eigenvalue weighted by Crippen LogP contribution is -2.26. The smallest absolute Gasteiger partial charge is 0.162 e. The van der Waals surface area contributed by atoms with Crippen molar-refractivity contribution in [2.45, 2.75) is 20.0 Å². The van der Waals surface area contributed by atoms with Crippen molar-refractivity contribution >= 4 is 11.6 Å². The van der Waals surface area contributed by atoms with Crippen molar-refractivity contribution in [1.82, 2.24) is 5.32 Å². The quantitative estimate of drug-likeness (QED) is 0.895. The molecule has 1 unspecified atom stereocenters. The minimum absolute atomic E-state index is 0.0464. The molecule has 0 fully saturated rings. The van der Waals surface area contributed by atoms with Crippen LogP contribution >= 0.6 is 11.6 Å². The Labute approximate surface area is 118 Å². The second kappa shape index (κ2) is 5.57. The van der Waals surface area contributed by atoms with Gasteiger partial charge in [0.2, 0.25) is 0 Å². The molecule has 0 saturated heterocycles. The van der Waals surface area contributed by atoms with Gasteiger partial charge in [-0.15, -0.1) is 0 Å². The molecule has 0 saturated carbocycles. The Balaban J connectivity index is 2.31. The standard InChI is InChI=1S/C14H20ClNO3/c1-14(2)7-18-12-4-9(11(17)6-16-3)10(15)5-13(12)19-8-14/h4-5,11,16-17H,6-8H2,1-3H3. The lowest BCUT2D eigenvalue weighted by Gasteiger charge is -2.19. The van der Waals surface area contributed by atoms with Gasteiger partial charge in [-0.3, -0.25) is 0 Å². The molecule has 0 bridgehead atoms. The summed E-state index contributed by atoms with van der Waals surface area (Å²) >= 11 is 6.19. The number of halogens is 1. The molecule has 1 heterocycles. The number of benzene rings is 1. The van der Waals surface area contributed by atoms with Crippen molar-refractivity contribution in [3.05, 3.63) is 22.7 Å². The summed E-state index contributed by atoms with van der Waals surface area (Å²) in [4.78, 5) is 0. The predicted molar refractivity (Wildman–Crippen MR) is 75.1 cm³/mol. The van der Waals surface area contributed by atoms with Crippen LogP contribution in [0.2, 0.25) is 5.02 Å². The largest absolute Gasteiger partial charge is 0.489 e. The van der Waals surface area contributed by atoms with E-state index < -0.39 is 6.10 Å². The van der Waals surface area contributed by atoms with Gasteiger partial charge in [0.1, 0.15) is 0 Å². The summed E-state index contributed by atoms with van der Waals surface area (Å²) in [6.07, 6.45) is -0.664. The molecular weight excluding hydrogens is 266 g/mol. The molecule has 4 nitrogen and oxygen atoms in total. The summed E-state index contributed by atoms with van der Waals surface area (Å²) in [6.45, 7) is 5.75. The highest BCUT2D eigenvalue weighted by molar-refractivity contribution is 6.31. The summed E-state index contributed by atoms with van der Waals surface area (Å²) < 4.78 is 11.5. The molecular formula is C14H20ClNO3. The van der Waals surface area contributed by atoms with Gasteiger partial charge in [0.15, 0.2) is 11.5 Å². The van der Waals surface area contributed by atoms with Crippen LogP contribution < -0.4 is 14.8 Å². The number of ether oxygens (including phenoxy) is 2. The van der Waals surface area contributed by atoms with Crippen molar-refractivity contribution in [1.29, 1.82) is 0 Å². The monoisotopic (exact) mass is 285 g/mol. The zero-order valence-electron chi connectivity index (χ0n) is 11.5. The molecule has 1 atom stereocenters. The normalized spacial score (nSPS) is 18.8. The van der Waals surface area contributed by atoms with Crippen LogP contribution in [0.25, 0.3) is 0 Å². The summed E-state index contributed by atoms with van der Waals surface area (Å²) in [6, 6.07) is 3.48. The maximum Gasteiger partial charge on any atom is 0.162 e. The molecule has 1 aliphatic rings. The van der Waals surface area contributed by atoms with Gasteiger partial charge in [-0.05, 0) is 13.1 Å². The molecule has 1 aliphatic heterocycles. The van der Waals surface area contributed by atoms with Gasteiger partial charge < -0.3 is 19.9 Å². The number of aliphatic hydroxyl groups excluding tert-OH is 1. The van der Waals surface area contributed by atoms with Crippen molar-refractivity contribution in [2.75, 3.05) is 26.8 Å². The van der Waals surface area contributed by atoms with E-state index in [9.17, 15) is 5.11 Å². The zero-order chi connectivity index (χ0) is 14.0. The first-order chi connectivity index (χ1) is 8.93. The Morgan fingerprint density at radius 3 is 2.47 bits per heavy atom. The average molecular weight is 286 g/mol. The van der Waals surface area contributed by atoms with Crippen molar-refractivity contribution in [3.8, 4) is 11.5 Å². The van der Waals surface area contributed by atoms with Crippen molar-refractivity contribution in [3.63, 3.8) is 0 Å². The molecule has 0 radical (unpaired) electrons. The topological polar surface area (TPSA) is 50.7 Å². The number of hydrogen-bond donors (Lipinski definition) is 2. The first kappa shape index (κ1) is 14.4. The van der Waals surface area contributed by atoms with Crippen LogP contribution in [0.15, 0.2) is 12.1 Å². The van der Waals surface area contributed by atoms with E-state index in [-0.39, 0.29) is 5.41 Å². The van der Waals surface area contributed by atoms with E-state index in [1.54, 1.807) is 19.2 Å². The molecule has 0 aliphatic carbocycles. The fourth-order valence-electron chi connectivity index (χ4n) is 1.92. The van der Waals surface area contributed by atoms with Gasteiger partial charge in [0, 0.05) is 23.6 Å². The van der Waals surface area contributed by atoms with Crippen LogP contribution in [0.1, 0.15) is 25.5 Å². The third-order valence-corrected chi connectivity index (χ3v) is 3.38. The molecule has 19 heavy (non-hydrogen) atoms. The maximum absolute atomic E-state index is 10.0. The minimum atomic E-state index is -0.664. The van der Waals surface area contributed by atoms with Crippen LogP contribution in [-0.2, 0) is 0 Å². The van der Waals surface area contributed by atoms with Gasteiger partial charge in [-0.2, -0.15) is 0 Å². The molecule has 106 valence electrons. The van der Waals surface area contributed by atoms with Crippen LogP contribution in [0.4, 0.5) is 0 Å². The highest BCUT2D eigenvalue weighted by Gasteiger charge is 2.26. The number of likely N-dealkylation sites (N-methyl/N-ethyl adjacent to an activating group) is 1. The molecule has 5 heteroatoms. The summed E-state index contributed by atoms with van der Waals surface area (Å²) in [5.74, 6) is 1.27. The van der Waals surface area contributed by atoms with Gasteiger partial charge in [-0.25, -0.2) is 0 Å². The summed E-state index contributed by atoms with van der Waals surface area (Å²) in [5.41, 5.74) is 0.605. The van der Waals surface area contributed by atoms with Crippen LogP contribution in [0.5, 0.6) is 11.5 Å². The Hall–Kier alpha value is -0.970. The van der Waals surface area contributed by atoms with Gasteiger partial charge in [0.25, 0.3) is 0 Å². The van der Waals surface area contributed by atoms with E-state index in [0.717, 1.165) is 0 Å². The third-order valence-electron chi connectivity index (χ3n) is 3.06. The highest BCUT2D eigenvalue weighted by Crippen LogP contribution is 2.39. The molecule has 0 aromatic heterocycles. The molecule has 2 N–H and O–H groups in total. The number of nitrogens with one attached hydrogen (secondary N) is 1. The van der Waals surface area contributed by atoms with Crippen molar-refractivity contribution < 1.29 is 14.6 Å². The average Bonchev–Trinajstić information content (AvgIpc) is 2.48. The second-order valence-electron chi connectivity index (χ2n) is 5.64. The van der Waals surface area contributed by atoms with Crippen LogP contribution in [-0.4, -0.2) is 31.9 Å². The molecule has 0 spiro atoms. The third kappa shape index (κ3) is 3.32. The van der Waals surface area contributed by atoms with Crippen molar-refractivity contribution in [2.24, 2.45) is 5.41 Å². The summed E-state index contributed by atoms with van der Waals surface area (Å²) in [7, 11) is 1.78. The lowest BCUT2D eigenvalue weighted by atomic mass is 9.97. The predicted octanol–water partition coefficient (Wildman–Crippen LogP) is 2.39. The van der Waals surface area contributed by atoms with Crippen LogP contribution in [0, 0.1) is 5.41 Å². The van der Waals surface area contributed by atoms with Crippen LogP contribution in [0.3, 0.4) is 0 Å². The van der Waals surface area contributed by atoms with E-state index in [2.05, 4.69) is 19.2 Å². The van der Waals surface area contributed by atoms with Gasteiger partial charge >= 0.3 is 0 Å². The van der Waals surface area contributed by atoms with Gasteiger partial charge in [-0.1, -0.05) is 25.4 Å². The number of rotatable bonds is 3. The fourth-order valence-corrected chi connectivity index (χ4v) is 2.20. The number of aliphatic hydroxyl groups is 1. The SMILES string of the molecule is CNCC(O)c1cc2c(cc1Cl)OCC(C)(C)CO2. The first-order valence-corrected chi connectivity index (χ1v) is 6.72. The van der Waals surface area contributed by atoms with E-state index >= 15 is 0 Å². The fraction of sp³-hybridized carbons (Fsp3) is 0.571. The summed E-state index contributed by atoms with van der Waals surface area (Å²) in [5, 5.41) is 13.4. The molecule has 1 aromatic rings. The molecule has 1 aromatic carbocycles. The maximum atomic E-state index is 10.0. The number of hydrogen-bond acceptors (Lipinski definition) is 4. The van der Waals surface area contributed by atoms with E-state index in [1.165, 1.54) is 0 Å². The van der Waals surface area contributed by atoms with Gasteiger partial charge in [0.05, 0.1) is 24.3 Å². The molecule has 2 rings (SSSR count). The van der Waals surface area contributed by atoms with E-state index in [0.29, 0.717) is 41.8 Å². The second-order valence-corrected chi connectivity index (χ2v) is 6.04. The lowest BCUT2D eigenvalue weighted by molar-refractivity contribution is 0.140. The molecule has 0 amide bonds. The first-order valence-electron chi connectivity index (χ1n) is 6.35.